The first kappa shape index (κ1) is 10.5. The summed E-state index contributed by atoms with van der Waals surface area (Å²) in [6, 6.07) is 0. The zero-order valence-corrected chi connectivity index (χ0v) is 9.96. The molecule has 1 aliphatic heterocycles. The lowest BCUT2D eigenvalue weighted by Gasteiger charge is -2.08. The van der Waals surface area contributed by atoms with Crippen LogP contribution in [0.4, 0.5) is 0 Å². The molecule has 2 heterocycles. The van der Waals surface area contributed by atoms with E-state index in [9.17, 15) is 0 Å². The summed E-state index contributed by atoms with van der Waals surface area (Å²) in [5.74, 6) is 1.48. The van der Waals surface area contributed by atoms with E-state index >= 15 is 0 Å². The second-order valence-corrected chi connectivity index (χ2v) is 5.00. The second kappa shape index (κ2) is 4.30. The lowest BCUT2D eigenvalue weighted by atomic mass is 10.0. The van der Waals surface area contributed by atoms with Gasteiger partial charge in [-0.15, -0.1) is 0 Å². The Bertz CT molecular complexity index is 402. The topological polar surface area (TPSA) is 35.0 Å². The van der Waals surface area contributed by atoms with Crippen molar-refractivity contribution in [3.8, 4) is 0 Å². The zero-order chi connectivity index (χ0) is 11.0. The number of rotatable bonds is 2. The van der Waals surface area contributed by atoms with Crippen LogP contribution in [-0.4, -0.2) is 23.2 Å². The van der Waals surface area contributed by atoms with Crippen molar-refractivity contribution >= 4 is 11.6 Å². The minimum Gasteiger partial charge on any atom is -0.381 e. The van der Waals surface area contributed by atoms with Crippen LogP contribution in [0.3, 0.4) is 0 Å². The van der Waals surface area contributed by atoms with Crippen LogP contribution in [0.5, 0.6) is 0 Å². The Morgan fingerprint density at radius 1 is 1.31 bits per heavy atom. The molecule has 1 atom stereocenters. The predicted octanol–water partition coefficient (Wildman–Crippen LogP) is 2.20. The van der Waals surface area contributed by atoms with Crippen molar-refractivity contribution in [3.63, 3.8) is 0 Å². The molecule has 4 heteroatoms. The summed E-state index contributed by atoms with van der Waals surface area (Å²) in [4.78, 5) is 9.03. The molecule has 0 bridgehead atoms. The number of hydrogen-bond donors (Lipinski definition) is 0. The van der Waals surface area contributed by atoms with E-state index < -0.39 is 0 Å². The van der Waals surface area contributed by atoms with Crippen molar-refractivity contribution in [1.29, 1.82) is 0 Å². The van der Waals surface area contributed by atoms with Crippen LogP contribution in [0.2, 0.25) is 5.15 Å². The Kier molecular flexibility index (Phi) is 2.82. The molecule has 0 N–H and O–H groups in total. The third-order valence-corrected chi connectivity index (χ3v) is 3.74. The maximum Gasteiger partial charge on any atom is 0.136 e. The Hall–Kier alpha value is -0.670. The number of nitrogens with zero attached hydrogens (tertiary/aromatic N) is 2. The van der Waals surface area contributed by atoms with E-state index in [1.165, 1.54) is 17.7 Å². The number of fused-ring (bicyclic) bond motifs is 1. The summed E-state index contributed by atoms with van der Waals surface area (Å²) in [7, 11) is 0. The molecule has 16 heavy (non-hydrogen) atoms. The molecule has 1 aliphatic carbocycles. The molecule has 0 spiro atoms. The van der Waals surface area contributed by atoms with Gasteiger partial charge in [-0.2, -0.15) is 0 Å². The Morgan fingerprint density at radius 2 is 2.25 bits per heavy atom. The van der Waals surface area contributed by atoms with Crippen LogP contribution >= 0.6 is 11.6 Å². The minimum atomic E-state index is 0.579. The molecule has 1 unspecified atom stereocenters. The summed E-state index contributed by atoms with van der Waals surface area (Å²) >= 11 is 6.18. The Balaban J connectivity index is 1.82. The van der Waals surface area contributed by atoms with Crippen LogP contribution in [0.25, 0.3) is 0 Å². The minimum absolute atomic E-state index is 0.579. The van der Waals surface area contributed by atoms with Crippen LogP contribution in [0.1, 0.15) is 29.9 Å². The summed E-state index contributed by atoms with van der Waals surface area (Å²) in [5, 5.41) is 0.677. The summed E-state index contributed by atoms with van der Waals surface area (Å²) in [5.41, 5.74) is 2.35. The van der Waals surface area contributed by atoms with E-state index in [0.29, 0.717) is 11.1 Å². The molecule has 3 rings (SSSR count). The zero-order valence-electron chi connectivity index (χ0n) is 9.21. The Labute approximate surface area is 100 Å². The normalized spacial score (nSPS) is 23.7. The maximum atomic E-state index is 6.18. The van der Waals surface area contributed by atoms with Gasteiger partial charge >= 0.3 is 0 Å². The quantitative estimate of drug-likeness (QED) is 0.741. The van der Waals surface area contributed by atoms with Crippen LogP contribution in [-0.2, 0) is 24.0 Å². The number of ether oxygens (including phenoxy) is 1. The van der Waals surface area contributed by atoms with Gasteiger partial charge in [-0.1, -0.05) is 11.6 Å². The van der Waals surface area contributed by atoms with E-state index in [1.54, 1.807) is 0 Å². The van der Waals surface area contributed by atoms with Gasteiger partial charge in [-0.25, -0.2) is 9.97 Å². The molecule has 2 aliphatic rings. The molecule has 1 fully saturated rings. The number of halogens is 1. The highest BCUT2D eigenvalue weighted by molar-refractivity contribution is 6.30. The van der Waals surface area contributed by atoms with Crippen LogP contribution in [0.15, 0.2) is 0 Å². The van der Waals surface area contributed by atoms with Crippen molar-refractivity contribution in [2.45, 2.75) is 32.1 Å². The van der Waals surface area contributed by atoms with Crippen molar-refractivity contribution in [1.82, 2.24) is 9.97 Å². The second-order valence-electron chi connectivity index (χ2n) is 4.64. The highest BCUT2D eigenvalue weighted by Crippen LogP contribution is 2.27. The van der Waals surface area contributed by atoms with Gasteiger partial charge in [0.05, 0.1) is 0 Å². The first-order chi connectivity index (χ1) is 7.83. The fourth-order valence-electron chi connectivity index (χ4n) is 2.53. The monoisotopic (exact) mass is 238 g/mol. The van der Waals surface area contributed by atoms with Crippen molar-refractivity contribution in [2.75, 3.05) is 13.2 Å². The van der Waals surface area contributed by atoms with Gasteiger partial charge in [-0.05, 0) is 31.6 Å². The first-order valence-electron chi connectivity index (χ1n) is 5.95. The third kappa shape index (κ3) is 1.94. The van der Waals surface area contributed by atoms with Crippen LogP contribution in [0, 0.1) is 5.92 Å². The standard InChI is InChI=1S/C12H15ClN2O/c13-12-9-2-1-3-10(9)14-11(15-12)6-8-4-5-16-7-8/h8H,1-7H2. The molecular formula is C12H15ClN2O. The summed E-state index contributed by atoms with van der Waals surface area (Å²) < 4.78 is 5.36. The van der Waals surface area contributed by atoms with Gasteiger partial charge in [-0.3, -0.25) is 0 Å². The third-order valence-electron chi connectivity index (χ3n) is 3.42. The van der Waals surface area contributed by atoms with E-state index in [0.717, 1.165) is 44.7 Å². The maximum absolute atomic E-state index is 6.18. The van der Waals surface area contributed by atoms with E-state index in [-0.39, 0.29) is 0 Å². The molecule has 0 aromatic carbocycles. The average Bonchev–Trinajstić information content (AvgIpc) is 2.87. The van der Waals surface area contributed by atoms with Crippen molar-refractivity contribution in [2.24, 2.45) is 5.92 Å². The molecular weight excluding hydrogens is 224 g/mol. The number of aryl methyl sites for hydroxylation is 1. The molecule has 0 radical (unpaired) electrons. The predicted molar refractivity (Wildman–Crippen MR) is 61.7 cm³/mol. The molecule has 86 valence electrons. The highest BCUT2D eigenvalue weighted by Gasteiger charge is 2.21. The molecule has 1 saturated heterocycles. The van der Waals surface area contributed by atoms with E-state index in [1.807, 2.05) is 0 Å². The van der Waals surface area contributed by atoms with E-state index in [4.69, 9.17) is 16.3 Å². The van der Waals surface area contributed by atoms with Crippen molar-refractivity contribution < 1.29 is 4.74 Å². The average molecular weight is 239 g/mol. The SMILES string of the molecule is Clc1nc(CC2CCOC2)nc2c1CCC2. The van der Waals surface area contributed by atoms with Crippen LogP contribution < -0.4 is 0 Å². The molecule has 0 saturated carbocycles. The summed E-state index contributed by atoms with van der Waals surface area (Å²) in [6.45, 7) is 1.72. The molecule has 0 amide bonds. The van der Waals surface area contributed by atoms with Crippen molar-refractivity contribution in [3.05, 3.63) is 22.2 Å². The largest absolute Gasteiger partial charge is 0.381 e. The lowest BCUT2D eigenvalue weighted by molar-refractivity contribution is 0.185. The number of aromatic nitrogens is 2. The van der Waals surface area contributed by atoms with Gasteiger partial charge in [0.25, 0.3) is 0 Å². The van der Waals surface area contributed by atoms with Gasteiger partial charge < -0.3 is 4.74 Å². The van der Waals surface area contributed by atoms with Gasteiger partial charge in [0.1, 0.15) is 11.0 Å². The Morgan fingerprint density at radius 3 is 3.06 bits per heavy atom. The van der Waals surface area contributed by atoms with Gasteiger partial charge in [0.15, 0.2) is 0 Å². The lowest BCUT2D eigenvalue weighted by Crippen LogP contribution is -2.09. The highest BCUT2D eigenvalue weighted by atomic mass is 35.5. The molecule has 1 aromatic rings. The summed E-state index contributed by atoms with van der Waals surface area (Å²) in [6.07, 6.45) is 5.30. The smallest absolute Gasteiger partial charge is 0.136 e. The molecule has 3 nitrogen and oxygen atoms in total. The van der Waals surface area contributed by atoms with Gasteiger partial charge in [0, 0.05) is 30.9 Å². The number of hydrogen-bond acceptors (Lipinski definition) is 3. The fraction of sp³-hybridized carbons (Fsp3) is 0.667. The van der Waals surface area contributed by atoms with E-state index in [2.05, 4.69) is 9.97 Å². The molecule has 1 aromatic heterocycles. The first-order valence-corrected chi connectivity index (χ1v) is 6.32. The fourth-order valence-corrected chi connectivity index (χ4v) is 2.83. The van der Waals surface area contributed by atoms with Gasteiger partial charge in [0.2, 0.25) is 0 Å².